The van der Waals surface area contributed by atoms with Crippen molar-refractivity contribution in [3.05, 3.63) is 0 Å². The van der Waals surface area contributed by atoms with Crippen LogP contribution in [-0.4, -0.2) is 49.8 Å². The molecule has 0 aromatic rings. The van der Waals surface area contributed by atoms with E-state index in [0.29, 0.717) is 12.5 Å². The monoisotopic (exact) mass is 170 g/mol. The molecule has 0 aromatic carbocycles. The molecule has 2 saturated heterocycles. The maximum Gasteiger partial charge on any atom is 0.0503 e. The normalized spacial score (nSPS) is 43.0. The van der Waals surface area contributed by atoms with Gasteiger partial charge in [-0.25, -0.2) is 0 Å². The van der Waals surface area contributed by atoms with E-state index in [1.807, 2.05) is 0 Å². The Hall–Kier alpha value is -0.120. The smallest absolute Gasteiger partial charge is 0.0503 e. The van der Waals surface area contributed by atoms with E-state index in [1.165, 1.54) is 0 Å². The molecular formula is C9H18N2O. The molecule has 2 N–H and O–H groups in total. The molecule has 2 rings (SSSR count). The van der Waals surface area contributed by atoms with E-state index in [2.05, 4.69) is 17.3 Å². The number of nitrogens with one attached hydrogen (secondary N) is 1. The molecule has 12 heavy (non-hydrogen) atoms. The fourth-order valence-electron chi connectivity index (χ4n) is 2.55. The Kier molecular flexibility index (Phi) is 2.10. The number of piperidine rings is 1. The van der Waals surface area contributed by atoms with Gasteiger partial charge in [0, 0.05) is 18.5 Å². The second kappa shape index (κ2) is 2.98. The summed E-state index contributed by atoms with van der Waals surface area (Å²) in [6, 6.07) is 0. The summed E-state index contributed by atoms with van der Waals surface area (Å²) in [5.74, 6) is 0.668. The van der Waals surface area contributed by atoms with E-state index in [4.69, 9.17) is 0 Å². The van der Waals surface area contributed by atoms with Crippen molar-refractivity contribution in [2.24, 2.45) is 11.3 Å². The van der Waals surface area contributed by atoms with E-state index in [9.17, 15) is 5.11 Å². The number of aliphatic hydroxyl groups is 1. The maximum atomic E-state index is 9.38. The molecule has 0 saturated carbocycles. The average Bonchev–Trinajstić information content (AvgIpc) is 2.48. The van der Waals surface area contributed by atoms with E-state index < -0.39 is 0 Å². The van der Waals surface area contributed by atoms with E-state index >= 15 is 0 Å². The zero-order valence-corrected chi connectivity index (χ0v) is 7.71. The molecule has 2 fully saturated rings. The van der Waals surface area contributed by atoms with Crippen LogP contribution in [0.5, 0.6) is 0 Å². The number of nitrogens with zero attached hydrogens (tertiary/aromatic N) is 1. The Labute approximate surface area is 73.8 Å². The van der Waals surface area contributed by atoms with Crippen LogP contribution in [0, 0.1) is 11.3 Å². The summed E-state index contributed by atoms with van der Waals surface area (Å²) in [6.45, 7) is 4.75. The van der Waals surface area contributed by atoms with E-state index in [0.717, 1.165) is 32.6 Å². The minimum absolute atomic E-state index is 0.215. The predicted molar refractivity (Wildman–Crippen MR) is 48.0 cm³/mol. The summed E-state index contributed by atoms with van der Waals surface area (Å²) >= 11 is 0. The minimum atomic E-state index is 0.215. The van der Waals surface area contributed by atoms with Gasteiger partial charge < -0.3 is 15.3 Å². The number of rotatable bonds is 1. The van der Waals surface area contributed by atoms with Gasteiger partial charge in [-0.05, 0) is 32.5 Å². The Morgan fingerprint density at radius 1 is 1.67 bits per heavy atom. The van der Waals surface area contributed by atoms with Crippen molar-refractivity contribution in [1.82, 2.24) is 10.2 Å². The van der Waals surface area contributed by atoms with Crippen molar-refractivity contribution in [2.75, 3.05) is 39.8 Å². The molecule has 2 aliphatic rings. The molecule has 0 spiro atoms. The molecule has 0 amide bonds. The molecule has 0 unspecified atom stereocenters. The number of hydrogen-bond acceptors (Lipinski definition) is 3. The largest absolute Gasteiger partial charge is 0.396 e. The first-order chi connectivity index (χ1) is 5.77. The summed E-state index contributed by atoms with van der Waals surface area (Å²) in [5, 5.41) is 12.8. The Morgan fingerprint density at radius 3 is 3.25 bits per heavy atom. The first-order valence-electron chi connectivity index (χ1n) is 4.77. The number of fused-ring (bicyclic) bond motifs is 1. The second-order valence-electron chi connectivity index (χ2n) is 4.36. The van der Waals surface area contributed by atoms with Gasteiger partial charge in [0.05, 0.1) is 6.61 Å². The summed E-state index contributed by atoms with van der Waals surface area (Å²) in [6.07, 6.45) is 1.15. The molecule has 70 valence electrons. The number of aliphatic hydroxyl groups excluding tert-OH is 1. The zero-order chi connectivity index (χ0) is 8.60. The highest BCUT2D eigenvalue weighted by molar-refractivity contribution is 4.98. The Bertz CT molecular complexity index is 174. The maximum absolute atomic E-state index is 9.38. The van der Waals surface area contributed by atoms with Crippen LogP contribution in [0.15, 0.2) is 0 Å². The van der Waals surface area contributed by atoms with Gasteiger partial charge in [-0.15, -0.1) is 0 Å². The van der Waals surface area contributed by atoms with Crippen LogP contribution in [0.2, 0.25) is 0 Å². The lowest BCUT2D eigenvalue weighted by molar-refractivity contribution is 0.0301. The van der Waals surface area contributed by atoms with Gasteiger partial charge in [-0.3, -0.25) is 0 Å². The standard InChI is InChI=1S/C9H18N2O/c1-11-3-2-9(7-12)6-10-4-8(9)5-11/h8,10,12H,2-7H2,1H3/t8-,9-/m0/s1. The van der Waals surface area contributed by atoms with Crippen molar-refractivity contribution in [2.45, 2.75) is 6.42 Å². The topological polar surface area (TPSA) is 35.5 Å². The quantitative estimate of drug-likeness (QED) is 0.558. The van der Waals surface area contributed by atoms with Crippen molar-refractivity contribution >= 4 is 0 Å². The van der Waals surface area contributed by atoms with Gasteiger partial charge in [0.1, 0.15) is 0 Å². The van der Waals surface area contributed by atoms with Crippen LogP contribution in [0.25, 0.3) is 0 Å². The van der Waals surface area contributed by atoms with Crippen molar-refractivity contribution in [3.8, 4) is 0 Å². The van der Waals surface area contributed by atoms with Crippen LogP contribution in [0.4, 0.5) is 0 Å². The summed E-state index contributed by atoms with van der Waals surface area (Å²) in [5.41, 5.74) is 0.215. The fraction of sp³-hybridized carbons (Fsp3) is 1.00. The molecule has 2 atom stereocenters. The molecular weight excluding hydrogens is 152 g/mol. The summed E-state index contributed by atoms with van der Waals surface area (Å²) in [4.78, 5) is 2.37. The fourth-order valence-corrected chi connectivity index (χ4v) is 2.55. The van der Waals surface area contributed by atoms with Gasteiger partial charge in [0.15, 0.2) is 0 Å². The van der Waals surface area contributed by atoms with Gasteiger partial charge in [0.2, 0.25) is 0 Å². The third-order valence-corrected chi connectivity index (χ3v) is 3.57. The SMILES string of the molecule is CN1CC[C@@]2(CO)CNC[C@H]2C1. The van der Waals surface area contributed by atoms with Crippen LogP contribution in [0.3, 0.4) is 0 Å². The number of likely N-dealkylation sites (tertiary alicyclic amines) is 1. The lowest BCUT2D eigenvalue weighted by Gasteiger charge is -2.41. The van der Waals surface area contributed by atoms with Gasteiger partial charge in [-0.2, -0.15) is 0 Å². The molecule has 0 bridgehead atoms. The molecule has 3 nitrogen and oxygen atoms in total. The van der Waals surface area contributed by atoms with Crippen LogP contribution in [0.1, 0.15) is 6.42 Å². The van der Waals surface area contributed by atoms with Gasteiger partial charge >= 0.3 is 0 Å². The zero-order valence-electron chi connectivity index (χ0n) is 7.71. The molecule has 0 radical (unpaired) electrons. The highest BCUT2D eigenvalue weighted by atomic mass is 16.3. The van der Waals surface area contributed by atoms with Crippen molar-refractivity contribution in [1.29, 1.82) is 0 Å². The third-order valence-electron chi connectivity index (χ3n) is 3.57. The van der Waals surface area contributed by atoms with Gasteiger partial charge in [-0.1, -0.05) is 0 Å². The average molecular weight is 170 g/mol. The molecule has 0 aliphatic carbocycles. The highest BCUT2D eigenvalue weighted by Crippen LogP contribution is 2.38. The van der Waals surface area contributed by atoms with Crippen LogP contribution < -0.4 is 5.32 Å². The molecule has 3 heteroatoms. The van der Waals surface area contributed by atoms with Crippen LogP contribution in [-0.2, 0) is 0 Å². The van der Waals surface area contributed by atoms with Crippen molar-refractivity contribution < 1.29 is 5.11 Å². The van der Waals surface area contributed by atoms with Gasteiger partial charge in [0.25, 0.3) is 0 Å². The van der Waals surface area contributed by atoms with E-state index in [1.54, 1.807) is 0 Å². The highest BCUT2D eigenvalue weighted by Gasteiger charge is 2.44. The first kappa shape index (κ1) is 8.48. The second-order valence-corrected chi connectivity index (χ2v) is 4.36. The lowest BCUT2D eigenvalue weighted by Crippen LogP contribution is -2.47. The summed E-state index contributed by atoms with van der Waals surface area (Å²) < 4.78 is 0. The molecule has 0 aromatic heterocycles. The molecule has 2 heterocycles. The van der Waals surface area contributed by atoms with Crippen molar-refractivity contribution in [3.63, 3.8) is 0 Å². The number of hydrogen-bond donors (Lipinski definition) is 2. The Balaban J connectivity index is 2.10. The van der Waals surface area contributed by atoms with Crippen LogP contribution >= 0.6 is 0 Å². The first-order valence-corrected chi connectivity index (χ1v) is 4.77. The molecule has 2 aliphatic heterocycles. The predicted octanol–water partition coefficient (Wildman–Crippen LogP) is -0.480. The Morgan fingerprint density at radius 2 is 2.50 bits per heavy atom. The third kappa shape index (κ3) is 1.16. The lowest BCUT2D eigenvalue weighted by atomic mass is 9.73. The minimum Gasteiger partial charge on any atom is -0.396 e. The van der Waals surface area contributed by atoms with E-state index in [-0.39, 0.29) is 5.41 Å². The summed E-state index contributed by atoms with van der Waals surface area (Å²) in [7, 11) is 2.17.